The lowest BCUT2D eigenvalue weighted by atomic mass is 9.75. The zero-order valence-corrected chi connectivity index (χ0v) is 26.0. The average Bonchev–Trinajstić information content (AvgIpc) is 3.01. The number of nitrogens with two attached hydrogens (primary N) is 5. The van der Waals surface area contributed by atoms with Crippen molar-refractivity contribution >= 4 is 5.91 Å². The van der Waals surface area contributed by atoms with Gasteiger partial charge >= 0.3 is 0 Å². The van der Waals surface area contributed by atoms with Crippen molar-refractivity contribution in [3.05, 3.63) is 0 Å². The summed E-state index contributed by atoms with van der Waals surface area (Å²) in [6.07, 6.45) is -16.3. The molecule has 20 N–H and O–H groups in total. The van der Waals surface area contributed by atoms with E-state index < -0.39 is 116 Å². The van der Waals surface area contributed by atoms with E-state index in [9.17, 15) is 45.6 Å². The lowest BCUT2D eigenvalue weighted by molar-refractivity contribution is -0.320. The van der Waals surface area contributed by atoms with Crippen molar-refractivity contribution in [2.75, 3.05) is 26.2 Å². The Morgan fingerprint density at radius 1 is 0.872 bits per heavy atom. The first-order valence-corrected chi connectivity index (χ1v) is 15.9. The average molecular weight is 684 g/mol. The third kappa shape index (κ3) is 8.56. The number of carbonyl (C=O) groups excluding carboxylic acids is 1. The van der Waals surface area contributed by atoms with Gasteiger partial charge in [0.05, 0.1) is 30.8 Å². The second-order valence-electron chi connectivity index (χ2n) is 13.1. The first kappa shape index (κ1) is 38.6. The van der Waals surface area contributed by atoms with Crippen LogP contribution in [-0.2, 0) is 23.7 Å². The van der Waals surface area contributed by atoms with E-state index in [0.717, 1.165) is 0 Å². The first-order valence-electron chi connectivity index (χ1n) is 15.9. The number of amides is 1. The predicted octanol–water partition coefficient (Wildman–Crippen LogP) is -8.97. The van der Waals surface area contributed by atoms with Gasteiger partial charge in [-0.25, -0.2) is 0 Å². The largest absolute Gasteiger partial charge is 0.394 e. The van der Waals surface area contributed by atoms with Crippen molar-refractivity contribution in [2.45, 2.75) is 135 Å². The van der Waals surface area contributed by atoms with Crippen LogP contribution in [0, 0.1) is 0 Å². The Morgan fingerprint density at radius 3 is 2.13 bits per heavy atom. The van der Waals surface area contributed by atoms with Crippen LogP contribution in [0.5, 0.6) is 0 Å². The fourth-order valence-electron chi connectivity index (χ4n) is 6.50. The van der Waals surface area contributed by atoms with E-state index in [0.29, 0.717) is 6.42 Å². The standard InChI is InChI=1S/C27H53N7O13/c28-2-1-10(36)6-33-7-13-18(38)19(39)16(32)24(44-13)46-22-11(30)3-12(34-26(42)27(43)4-9(29)5-27)23(21(22)41)47-25-20(40)15(31)17(37)14(8-35)45-25/h9-25,33,35-41,43H,1-8,28-32H2,(H,34,42)/t9?,10?,11-,12+,13+,14+,15-,16+,17+,18+,19+,20+,21-,22?,23-,24+,25+,27?/m0/s1. The second-order valence-corrected chi connectivity index (χ2v) is 13.1. The molecule has 0 aromatic rings. The molecule has 4 rings (SSSR count). The Kier molecular flexibility index (Phi) is 13.3. The molecule has 0 radical (unpaired) electrons. The van der Waals surface area contributed by atoms with Gasteiger partial charge < -0.3 is 99.1 Å². The molecule has 47 heavy (non-hydrogen) atoms. The van der Waals surface area contributed by atoms with Crippen LogP contribution in [0.25, 0.3) is 0 Å². The number of rotatable bonds is 13. The first-order chi connectivity index (χ1) is 22.1. The van der Waals surface area contributed by atoms with E-state index in [1.54, 1.807) is 0 Å². The number of hydrogen-bond donors (Lipinski definition) is 15. The van der Waals surface area contributed by atoms with E-state index in [4.69, 9.17) is 47.6 Å². The molecule has 20 nitrogen and oxygen atoms in total. The molecule has 0 aromatic heterocycles. The highest BCUT2D eigenvalue weighted by atomic mass is 16.7. The van der Waals surface area contributed by atoms with Crippen LogP contribution in [0.2, 0.25) is 0 Å². The van der Waals surface area contributed by atoms with E-state index in [1.165, 1.54) is 0 Å². The van der Waals surface area contributed by atoms with Crippen LogP contribution in [-0.4, -0.2) is 182 Å². The molecule has 20 heteroatoms. The summed E-state index contributed by atoms with van der Waals surface area (Å²) < 4.78 is 23.4. The number of ether oxygens (including phenoxy) is 4. The highest BCUT2D eigenvalue weighted by Gasteiger charge is 2.54. The lowest BCUT2D eigenvalue weighted by Crippen LogP contribution is -2.71. The molecule has 1 amide bonds. The summed E-state index contributed by atoms with van der Waals surface area (Å²) in [6, 6.07) is -5.11. The van der Waals surface area contributed by atoms with Gasteiger partial charge in [-0.3, -0.25) is 4.79 Å². The van der Waals surface area contributed by atoms with Crippen molar-refractivity contribution in [1.29, 1.82) is 0 Å². The molecule has 2 aliphatic heterocycles. The fourth-order valence-corrected chi connectivity index (χ4v) is 6.50. The topological polar surface area (TPSA) is 370 Å². The Hall–Kier alpha value is -1.25. The summed E-state index contributed by atoms with van der Waals surface area (Å²) in [5.74, 6) is -0.788. The van der Waals surface area contributed by atoms with Gasteiger partial charge in [-0.15, -0.1) is 0 Å². The van der Waals surface area contributed by atoms with Gasteiger partial charge in [0.2, 0.25) is 0 Å². The monoisotopic (exact) mass is 683 g/mol. The third-order valence-corrected chi connectivity index (χ3v) is 9.45. The normalized spacial score (nSPS) is 48.0. The summed E-state index contributed by atoms with van der Waals surface area (Å²) in [5, 5.41) is 89.7. The van der Waals surface area contributed by atoms with Crippen molar-refractivity contribution in [3.63, 3.8) is 0 Å². The van der Waals surface area contributed by atoms with Crippen molar-refractivity contribution in [3.8, 4) is 0 Å². The number of hydrogen-bond acceptors (Lipinski definition) is 19. The van der Waals surface area contributed by atoms with E-state index in [1.807, 2.05) is 0 Å². The van der Waals surface area contributed by atoms with E-state index in [2.05, 4.69) is 10.6 Å². The molecule has 4 aliphatic rings. The summed E-state index contributed by atoms with van der Waals surface area (Å²) in [6.45, 7) is -0.297. The smallest absolute Gasteiger partial charge is 0.252 e. The SMILES string of the molecule is NCCC(O)CNC[C@H]1O[C@H](OC2[C@@H](N)C[C@@H](NC(=O)C3(O)CC(N)C3)[C@H](O[C@H]3O[C@H](CO)[C@@H](O)[C@H](N)[C@H]3O)[C@H]2O)[C@H](N)[C@@H](O)[C@@H]1O. The molecule has 4 fully saturated rings. The Labute approximate surface area is 271 Å². The van der Waals surface area contributed by atoms with E-state index >= 15 is 0 Å². The number of carbonyl (C=O) groups is 1. The molecule has 2 unspecified atom stereocenters. The van der Waals surface area contributed by atoms with Crippen molar-refractivity contribution in [1.82, 2.24) is 10.6 Å². The van der Waals surface area contributed by atoms with Gasteiger partial charge in [-0.2, -0.15) is 0 Å². The highest BCUT2D eigenvalue weighted by Crippen LogP contribution is 2.34. The molecule has 2 heterocycles. The Bertz CT molecular complexity index is 1020. The number of nitrogens with one attached hydrogen (secondary N) is 2. The summed E-state index contributed by atoms with van der Waals surface area (Å²) >= 11 is 0. The number of aliphatic hydroxyl groups excluding tert-OH is 7. The van der Waals surface area contributed by atoms with Crippen LogP contribution in [0.1, 0.15) is 25.7 Å². The fraction of sp³-hybridized carbons (Fsp3) is 0.963. The molecule has 16 atom stereocenters. The molecule has 2 saturated heterocycles. The summed E-state index contributed by atoms with van der Waals surface area (Å²) in [4.78, 5) is 13.1. The summed E-state index contributed by atoms with van der Waals surface area (Å²) in [5.41, 5.74) is 27.9. The van der Waals surface area contributed by atoms with Crippen LogP contribution in [0.15, 0.2) is 0 Å². The van der Waals surface area contributed by atoms with Crippen LogP contribution in [0.4, 0.5) is 0 Å². The van der Waals surface area contributed by atoms with Crippen molar-refractivity contribution in [2.24, 2.45) is 28.7 Å². The van der Waals surface area contributed by atoms with Gasteiger partial charge in [-0.1, -0.05) is 0 Å². The molecule has 0 aromatic carbocycles. The zero-order chi connectivity index (χ0) is 34.8. The Balaban J connectivity index is 1.52. The van der Waals surface area contributed by atoms with E-state index in [-0.39, 0.29) is 44.9 Å². The highest BCUT2D eigenvalue weighted by molar-refractivity contribution is 5.86. The van der Waals surface area contributed by atoms with Gasteiger partial charge in [0.15, 0.2) is 12.6 Å². The lowest BCUT2D eigenvalue weighted by Gasteiger charge is -2.49. The van der Waals surface area contributed by atoms with Crippen LogP contribution >= 0.6 is 0 Å². The molecular weight excluding hydrogens is 630 g/mol. The molecule has 0 spiro atoms. The predicted molar refractivity (Wildman–Crippen MR) is 159 cm³/mol. The minimum atomic E-state index is -1.76. The Morgan fingerprint density at radius 2 is 1.51 bits per heavy atom. The van der Waals surface area contributed by atoms with Gasteiger partial charge in [0, 0.05) is 38.0 Å². The van der Waals surface area contributed by atoms with Crippen molar-refractivity contribution < 1.29 is 64.6 Å². The summed E-state index contributed by atoms with van der Waals surface area (Å²) in [7, 11) is 0. The molecule has 2 aliphatic carbocycles. The van der Waals surface area contributed by atoms with Gasteiger partial charge in [0.25, 0.3) is 5.91 Å². The molecule has 0 bridgehead atoms. The molecular formula is C27H53N7O13. The third-order valence-electron chi connectivity index (χ3n) is 9.45. The number of aliphatic hydroxyl groups is 8. The molecule has 2 saturated carbocycles. The van der Waals surface area contributed by atoms with Gasteiger partial charge in [-0.05, 0) is 19.4 Å². The van der Waals surface area contributed by atoms with Crippen LogP contribution < -0.4 is 39.3 Å². The maximum Gasteiger partial charge on any atom is 0.252 e. The minimum Gasteiger partial charge on any atom is -0.394 e. The minimum absolute atomic E-state index is 0.000118. The molecule has 274 valence electrons. The quantitative estimate of drug-likeness (QED) is 0.0856. The maximum absolute atomic E-state index is 13.1. The van der Waals surface area contributed by atoms with Gasteiger partial charge in [0.1, 0.15) is 60.5 Å². The maximum atomic E-state index is 13.1. The zero-order valence-electron chi connectivity index (χ0n) is 26.0. The second kappa shape index (κ2) is 16.2. The van der Waals surface area contributed by atoms with Crippen LogP contribution in [0.3, 0.4) is 0 Å².